The highest BCUT2D eigenvalue weighted by molar-refractivity contribution is 7.13. The SMILES string of the molecule is c1ccc2[nH]c(-c3coc(-c4cccc5oc(-c6cnc(-c7scnc7-c7nc8ccccc8[nH]7)[nH]6)nc45)n3)cc2c1. The summed E-state index contributed by atoms with van der Waals surface area (Å²) in [6.45, 7) is 0. The number of nitrogens with zero attached hydrogens (tertiary/aromatic N) is 5. The average molecular weight is 567 g/mol. The summed E-state index contributed by atoms with van der Waals surface area (Å²) in [6, 6.07) is 23.7. The number of benzene rings is 3. The largest absolute Gasteiger partial charge is 0.444 e. The zero-order valence-electron chi connectivity index (χ0n) is 21.6. The number of aromatic amines is 3. The lowest BCUT2D eigenvalue weighted by molar-refractivity contribution is 0.575. The number of para-hydroxylation sites is 4. The summed E-state index contributed by atoms with van der Waals surface area (Å²) in [6.07, 6.45) is 3.36. The van der Waals surface area contributed by atoms with Crippen LogP contribution in [0.3, 0.4) is 0 Å². The van der Waals surface area contributed by atoms with E-state index < -0.39 is 0 Å². The number of oxazole rings is 2. The Labute approximate surface area is 240 Å². The van der Waals surface area contributed by atoms with Gasteiger partial charge in [-0.1, -0.05) is 36.4 Å². The Balaban J connectivity index is 1.06. The predicted molar refractivity (Wildman–Crippen MR) is 161 cm³/mol. The van der Waals surface area contributed by atoms with E-state index in [0.29, 0.717) is 45.9 Å². The third-order valence-electron chi connectivity index (χ3n) is 7.16. The number of fused-ring (bicyclic) bond motifs is 3. The number of hydrogen-bond donors (Lipinski definition) is 3. The summed E-state index contributed by atoms with van der Waals surface area (Å²) < 4.78 is 12.1. The van der Waals surface area contributed by atoms with Crippen molar-refractivity contribution >= 4 is 44.4 Å². The van der Waals surface area contributed by atoms with E-state index in [1.165, 1.54) is 11.3 Å². The smallest absolute Gasteiger partial charge is 0.245 e. The molecule has 0 unspecified atom stereocenters. The summed E-state index contributed by atoms with van der Waals surface area (Å²) >= 11 is 1.48. The molecule has 0 spiro atoms. The molecule has 0 fully saturated rings. The maximum Gasteiger partial charge on any atom is 0.245 e. The van der Waals surface area contributed by atoms with Crippen molar-refractivity contribution in [1.29, 1.82) is 0 Å². The van der Waals surface area contributed by atoms with Crippen LogP contribution in [0.5, 0.6) is 0 Å². The first kappa shape index (κ1) is 22.9. The summed E-state index contributed by atoms with van der Waals surface area (Å²) in [5, 5.41) is 1.11. The van der Waals surface area contributed by atoms with Gasteiger partial charge in [0.2, 0.25) is 11.8 Å². The highest BCUT2D eigenvalue weighted by Crippen LogP contribution is 2.36. The van der Waals surface area contributed by atoms with Crippen molar-refractivity contribution in [1.82, 2.24) is 39.9 Å². The number of rotatable bonds is 5. The molecule has 0 aliphatic rings. The monoisotopic (exact) mass is 566 g/mol. The maximum atomic E-state index is 6.14. The molecule has 0 aliphatic heterocycles. The molecular formula is C31H18N8O2S. The van der Waals surface area contributed by atoms with Crippen molar-refractivity contribution in [2.75, 3.05) is 0 Å². The van der Waals surface area contributed by atoms with Crippen molar-refractivity contribution in [3.05, 3.63) is 90.8 Å². The van der Waals surface area contributed by atoms with Crippen molar-refractivity contribution in [2.24, 2.45) is 0 Å². The Morgan fingerprint density at radius 3 is 2.55 bits per heavy atom. The van der Waals surface area contributed by atoms with Gasteiger partial charge in [-0.15, -0.1) is 11.3 Å². The molecule has 0 atom stereocenters. The molecule has 6 aromatic heterocycles. The highest BCUT2D eigenvalue weighted by Gasteiger charge is 2.21. The van der Waals surface area contributed by atoms with E-state index in [2.05, 4.69) is 37.1 Å². The molecule has 6 heterocycles. The molecule has 42 heavy (non-hydrogen) atoms. The van der Waals surface area contributed by atoms with Gasteiger partial charge in [-0.3, -0.25) is 0 Å². The van der Waals surface area contributed by atoms with E-state index in [-0.39, 0.29) is 0 Å². The molecule has 0 bridgehead atoms. The third kappa shape index (κ3) is 3.61. The third-order valence-corrected chi connectivity index (χ3v) is 8.00. The van der Waals surface area contributed by atoms with Gasteiger partial charge < -0.3 is 23.8 Å². The highest BCUT2D eigenvalue weighted by atomic mass is 32.1. The molecule has 9 rings (SSSR count). The number of imidazole rings is 2. The summed E-state index contributed by atoms with van der Waals surface area (Å²) in [4.78, 5) is 34.4. The molecule has 11 heteroatoms. The van der Waals surface area contributed by atoms with Gasteiger partial charge in [-0.25, -0.2) is 24.9 Å². The summed E-state index contributed by atoms with van der Waals surface area (Å²) in [5.74, 6) is 2.21. The quantitative estimate of drug-likeness (QED) is 0.194. The van der Waals surface area contributed by atoms with Crippen LogP contribution in [0.15, 0.2) is 99.6 Å². The van der Waals surface area contributed by atoms with E-state index in [1.807, 2.05) is 60.7 Å². The van der Waals surface area contributed by atoms with Crippen LogP contribution >= 0.6 is 11.3 Å². The molecule has 10 nitrogen and oxygen atoms in total. The second-order valence-electron chi connectivity index (χ2n) is 9.76. The van der Waals surface area contributed by atoms with E-state index in [1.54, 1.807) is 18.0 Å². The summed E-state index contributed by atoms with van der Waals surface area (Å²) in [7, 11) is 0. The van der Waals surface area contributed by atoms with Crippen LogP contribution in [-0.4, -0.2) is 39.9 Å². The average Bonchev–Trinajstić information content (AvgIpc) is 3.87. The molecule has 3 N–H and O–H groups in total. The minimum absolute atomic E-state index is 0.411. The number of nitrogens with one attached hydrogen (secondary N) is 3. The van der Waals surface area contributed by atoms with Crippen molar-refractivity contribution in [3.8, 4) is 56.6 Å². The topological polar surface area (TPSA) is 138 Å². The van der Waals surface area contributed by atoms with Crippen LogP contribution in [0.2, 0.25) is 0 Å². The van der Waals surface area contributed by atoms with Gasteiger partial charge in [-0.2, -0.15) is 0 Å². The normalized spacial score (nSPS) is 11.8. The van der Waals surface area contributed by atoms with Gasteiger partial charge in [0, 0.05) is 10.9 Å². The minimum Gasteiger partial charge on any atom is -0.444 e. The Morgan fingerprint density at radius 2 is 1.62 bits per heavy atom. The molecule has 200 valence electrons. The summed E-state index contributed by atoms with van der Waals surface area (Å²) in [5.41, 5.74) is 9.63. The predicted octanol–water partition coefficient (Wildman–Crippen LogP) is 7.69. The fraction of sp³-hybridized carbons (Fsp3) is 0. The molecule has 9 aromatic rings. The molecule has 0 aliphatic carbocycles. The molecule has 0 radical (unpaired) electrons. The van der Waals surface area contributed by atoms with Gasteiger partial charge >= 0.3 is 0 Å². The van der Waals surface area contributed by atoms with E-state index >= 15 is 0 Å². The zero-order valence-corrected chi connectivity index (χ0v) is 22.4. The van der Waals surface area contributed by atoms with Crippen LogP contribution in [0.25, 0.3) is 89.7 Å². The van der Waals surface area contributed by atoms with Crippen LogP contribution in [0, 0.1) is 0 Å². The molecule has 0 saturated carbocycles. The zero-order chi connectivity index (χ0) is 27.6. The van der Waals surface area contributed by atoms with Crippen LogP contribution < -0.4 is 0 Å². The van der Waals surface area contributed by atoms with Gasteiger partial charge in [-0.05, 0) is 36.4 Å². The molecule has 0 saturated heterocycles. The number of aromatic nitrogens is 8. The van der Waals surface area contributed by atoms with Gasteiger partial charge in [0.1, 0.15) is 39.6 Å². The number of thiazole rings is 1. The number of hydrogen-bond acceptors (Lipinski definition) is 8. The first-order valence-corrected chi connectivity index (χ1v) is 14.0. The van der Waals surface area contributed by atoms with Crippen molar-refractivity contribution < 1.29 is 8.83 Å². The fourth-order valence-electron chi connectivity index (χ4n) is 5.16. The lowest BCUT2D eigenvalue weighted by Gasteiger charge is -1.96. The Bertz CT molecular complexity index is 2340. The lowest BCUT2D eigenvalue weighted by Crippen LogP contribution is -1.86. The molecule has 3 aromatic carbocycles. The molecule has 0 amide bonds. The van der Waals surface area contributed by atoms with Gasteiger partial charge in [0.25, 0.3) is 0 Å². The first-order chi connectivity index (χ1) is 20.8. The van der Waals surface area contributed by atoms with Crippen molar-refractivity contribution in [2.45, 2.75) is 0 Å². The standard InChI is InChI=1S/C31H18N8O2S/c1-2-8-18-16(6-1)12-21(34-18)23-14-40-30(38-23)17-7-5-11-24-25(17)39-31(41-24)22-13-32-29(37-22)27-26(33-15-42-27)28-35-19-9-3-4-10-20(19)36-28/h1-15,34H,(H,32,37)(H,35,36). The van der Waals surface area contributed by atoms with Crippen molar-refractivity contribution in [3.63, 3.8) is 0 Å². The van der Waals surface area contributed by atoms with Crippen LogP contribution in [-0.2, 0) is 0 Å². The lowest BCUT2D eigenvalue weighted by atomic mass is 10.2. The molecular weight excluding hydrogens is 548 g/mol. The Kier molecular flexibility index (Phi) is 4.83. The van der Waals surface area contributed by atoms with E-state index in [0.717, 1.165) is 43.8 Å². The van der Waals surface area contributed by atoms with E-state index in [9.17, 15) is 0 Å². The fourth-order valence-corrected chi connectivity index (χ4v) is 5.90. The van der Waals surface area contributed by atoms with Gasteiger partial charge in [0.05, 0.1) is 34.0 Å². The van der Waals surface area contributed by atoms with E-state index in [4.69, 9.17) is 23.8 Å². The maximum absolute atomic E-state index is 6.14. The Hall–Kier alpha value is -5.81. The van der Waals surface area contributed by atoms with Crippen LogP contribution in [0.1, 0.15) is 0 Å². The number of H-pyrrole nitrogens is 3. The van der Waals surface area contributed by atoms with Crippen LogP contribution in [0.4, 0.5) is 0 Å². The van der Waals surface area contributed by atoms with Gasteiger partial charge in [0.15, 0.2) is 11.4 Å². The second kappa shape index (κ2) is 8.85. The first-order valence-electron chi connectivity index (χ1n) is 13.1. The minimum atomic E-state index is 0.411. The Morgan fingerprint density at radius 1 is 0.714 bits per heavy atom. The second-order valence-corrected chi connectivity index (χ2v) is 10.6.